The van der Waals surface area contributed by atoms with Gasteiger partial charge in [0.25, 0.3) is 0 Å². The summed E-state index contributed by atoms with van der Waals surface area (Å²) in [5.41, 5.74) is -0.503. The number of methoxy groups -OCH3 is 1. The Labute approximate surface area is 120 Å². The van der Waals surface area contributed by atoms with E-state index in [1.54, 1.807) is 0 Å². The molecule has 0 heterocycles. The fraction of sp³-hybridized carbons (Fsp3) is 0.867. The van der Waals surface area contributed by atoms with Gasteiger partial charge in [0.15, 0.2) is 0 Å². The van der Waals surface area contributed by atoms with Gasteiger partial charge >= 0.3 is 12.1 Å². The molecule has 0 aromatic heterocycles. The summed E-state index contributed by atoms with van der Waals surface area (Å²) >= 11 is 0. The smallest absolute Gasteiger partial charge is 0.407 e. The molecule has 0 saturated heterocycles. The second kappa shape index (κ2) is 5.26. The van der Waals surface area contributed by atoms with Crippen LogP contribution < -0.4 is 5.32 Å². The summed E-state index contributed by atoms with van der Waals surface area (Å²) in [6.45, 7) is 7.63. The first-order valence-electron chi connectivity index (χ1n) is 7.30. The van der Waals surface area contributed by atoms with Crippen molar-refractivity contribution in [1.29, 1.82) is 0 Å². The monoisotopic (exact) mass is 283 g/mol. The summed E-state index contributed by atoms with van der Waals surface area (Å²) < 4.78 is 10.2. The van der Waals surface area contributed by atoms with E-state index in [1.165, 1.54) is 7.11 Å². The number of amides is 1. The maximum absolute atomic E-state index is 11.9. The molecule has 2 aliphatic carbocycles. The molecule has 5 nitrogen and oxygen atoms in total. The van der Waals surface area contributed by atoms with Crippen LogP contribution in [0.15, 0.2) is 0 Å². The molecule has 0 aliphatic heterocycles. The zero-order valence-corrected chi connectivity index (χ0v) is 12.9. The third kappa shape index (κ3) is 2.91. The van der Waals surface area contributed by atoms with Gasteiger partial charge in [0.1, 0.15) is 5.60 Å². The van der Waals surface area contributed by atoms with Gasteiger partial charge < -0.3 is 14.8 Å². The molecule has 0 aromatic rings. The maximum atomic E-state index is 11.9. The van der Waals surface area contributed by atoms with Gasteiger partial charge in [0.05, 0.1) is 13.0 Å². The molecule has 0 spiro atoms. The Kier molecular flexibility index (Phi) is 3.98. The zero-order chi connectivity index (χ0) is 15.1. The lowest BCUT2D eigenvalue weighted by molar-refractivity contribution is -0.149. The highest BCUT2D eigenvalue weighted by Gasteiger charge is 2.54. The summed E-state index contributed by atoms with van der Waals surface area (Å²) in [5, 5.41) is 2.93. The van der Waals surface area contributed by atoms with Gasteiger partial charge in [-0.25, -0.2) is 4.79 Å². The minimum absolute atomic E-state index is 0.0233. The Bertz CT molecular complexity index is 401. The molecule has 20 heavy (non-hydrogen) atoms. The molecule has 0 radical (unpaired) electrons. The van der Waals surface area contributed by atoms with E-state index < -0.39 is 11.7 Å². The van der Waals surface area contributed by atoms with Crippen molar-refractivity contribution >= 4 is 12.1 Å². The van der Waals surface area contributed by atoms with E-state index in [1.807, 2.05) is 20.8 Å². The van der Waals surface area contributed by atoms with Crippen LogP contribution in [0.25, 0.3) is 0 Å². The molecule has 2 bridgehead atoms. The first kappa shape index (κ1) is 15.1. The van der Waals surface area contributed by atoms with Crippen LogP contribution >= 0.6 is 0 Å². The highest BCUT2D eigenvalue weighted by atomic mass is 16.6. The molecule has 1 N–H and O–H groups in total. The van der Waals surface area contributed by atoms with Crippen LogP contribution in [0.5, 0.6) is 0 Å². The number of hydrogen-bond acceptors (Lipinski definition) is 4. The molecule has 5 heteroatoms. The van der Waals surface area contributed by atoms with E-state index in [-0.39, 0.29) is 23.8 Å². The predicted molar refractivity (Wildman–Crippen MR) is 74.0 cm³/mol. The van der Waals surface area contributed by atoms with E-state index >= 15 is 0 Å². The highest BCUT2D eigenvalue weighted by molar-refractivity contribution is 5.74. The van der Waals surface area contributed by atoms with Crippen LogP contribution in [0.3, 0.4) is 0 Å². The molecule has 2 fully saturated rings. The topological polar surface area (TPSA) is 64.6 Å². The number of carbonyl (C=O) groups is 2. The Morgan fingerprint density at radius 3 is 2.35 bits per heavy atom. The summed E-state index contributed by atoms with van der Waals surface area (Å²) in [5.74, 6) is 0.752. The molecular weight excluding hydrogens is 258 g/mol. The average molecular weight is 283 g/mol. The lowest BCUT2D eigenvalue weighted by Gasteiger charge is -2.33. The summed E-state index contributed by atoms with van der Waals surface area (Å²) in [4.78, 5) is 23.8. The largest absolute Gasteiger partial charge is 0.469 e. The minimum atomic E-state index is -0.503. The van der Waals surface area contributed by atoms with Crippen molar-refractivity contribution in [3.8, 4) is 0 Å². The average Bonchev–Trinajstić information content (AvgIpc) is 2.83. The van der Waals surface area contributed by atoms with Crippen molar-refractivity contribution in [2.45, 2.75) is 52.2 Å². The molecule has 2 unspecified atom stereocenters. The number of ether oxygens (including phenoxy) is 2. The number of hydrogen-bond donors (Lipinski definition) is 1. The van der Waals surface area contributed by atoms with Crippen molar-refractivity contribution in [3.05, 3.63) is 0 Å². The normalized spacial score (nSPS) is 35.8. The van der Waals surface area contributed by atoms with Crippen LogP contribution in [0.2, 0.25) is 0 Å². The fourth-order valence-corrected chi connectivity index (χ4v) is 3.77. The number of fused-ring (bicyclic) bond motifs is 2. The summed E-state index contributed by atoms with van der Waals surface area (Å²) in [6.07, 6.45) is 1.52. The molecule has 2 aliphatic rings. The van der Waals surface area contributed by atoms with E-state index in [0.29, 0.717) is 11.8 Å². The Hall–Kier alpha value is -1.26. The van der Waals surface area contributed by atoms with Crippen molar-refractivity contribution in [3.63, 3.8) is 0 Å². The van der Waals surface area contributed by atoms with E-state index in [9.17, 15) is 9.59 Å². The number of rotatable bonds is 2. The van der Waals surface area contributed by atoms with Crippen molar-refractivity contribution in [1.82, 2.24) is 5.32 Å². The van der Waals surface area contributed by atoms with E-state index in [4.69, 9.17) is 9.47 Å². The third-order valence-corrected chi connectivity index (χ3v) is 4.60. The standard InChI is InChI=1S/C15H25NO4/c1-8-9-6-10(12(8)13(17)19-5)11(7-9)16-14(18)20-15(2,3)4/h8-12H,6-7H2,1-5H3,(H,16,18)/t8-,9?,10?,11-,12+/m0/s1. The van der Waals surface area contributed by atoms with Gasteiger partial charge in [-0.3, -0.25) is 4.79 Å². The number of carbonyl (C=O) groups excluding carboxylic acids is 2. The Balaban J connectivity index is 1.99. The van der Waals surface area contributed by atoms with E-state index in [0.717, 1.165) is 12.8 Å². The van der Waals surface area contributed by atoms with Gasteiger partial charge in [-0.2, -0.15) is 0 Å². The molecule has 114 valence electrons. The second-order valence-electron chi connectivity index (χ2n) is 7.06. The van der Waals surface area contributed by atoms with Gasteiger partial charge in [-0.1, -0.05) is 6.92 Å². The van der Waals surface area contributed by atoms with Crippen LogP contribution in [0.4, 0.5) is 4.79 Å². The van der Waals surface area contributed by atoms with Gasteiger partial charge in [0, 0.05) is 6.04 Å². The minimum Gasteiger partial charge on any atom is -0.469 e. The maximum Gasteiger partial charge on any atom is 0.407 e. The van der Waals surface area contributed by atoms with Gasteiger partial charge in [-0.05, 0) is 51.4 Å². The molecule has 2 saturated carbocycles. The number of nitrogens with one attached hydrogen (secondary N) is 1. The van der Waals surface area contributed by atoms with Crippen molar-refractivity contribution in [2.24, 2.45) is 23.7 Å². The van der Waals surface area contributed by atoms with Crippen molar-refractivity contribution < 1.29 is 19.1 Å². The molecular formula is C15H25NO4. The number of esters is 1. The van der Waals surface area contributed by atoms with E-state index in [2.05, 4.69) is 12.2 Å². The lowest BCUT2D eigenvalue weighted by Crippen LogP contribution is -2.46. The fourth-order valence-electron chi connectivity index (χ4n) is 3.77. The molecule has 1 amide bonds. The predicted octanol–water partition coefficient (Wildman–Crippen LogP) is 2.34. The Morgan fingerprint density at radius 1 is 1.20 bits per heavy atom. The van der Waals surface area contributed by atoms with Crippen LogP contribution in [0, 0.1) is 23.7 Å². The zero-order valence-electron chi connectivity index (χ0n) is 12.9. The summed E-state index contributed by atoms with van der Waals surface area (Å²) in [7, 11) is 1.43. The van der Waals surface area contributed by atoms with Gasteiger partial charge in [-0.15, -0.1) is 0 Å². The highest BCUT2D eigenvalue weighted by Crippen LogP contribution is 2.52. The molecule has 5 atom stereocenters. The number of alkyl carbamates (subject to hydrolysis) is 1. The van der Waals surface area contributed by atoms with Gasteiger partial charge in [0.2, 0.25) is 0 Å². The van der Waals surface area contributed by atoms with Crippen LogP contribution in [-0.4, -0.2) is 30.8 Å². The Morgan fingerprint density at radius 2 is 1.85 bits per heavy atom. The summed E-state index contributed by atoms with van der Waals surface area (Å²) in [6, 6.07) is 0.0233. The quantitative estimate of drug-likeness (QED) is 0.790. The first-order chi connectivity index (χ1) is 9.23. The molecule has 2 rings (SSSR count). The van der Waals surface area contributed by atoms with Crippen LogP contribution in [-0.2, 0) is 14.3 Å². The second-order valence-corrected chi connectivity index (χ2v) is 7.06. The molecule has 0 aromatic carbocycles. The van der Waals surface area contributed by atoms with Crippen LogP contribution in [0.1, 0.15) is 40.5 Å². The third-order valence-electron chi connectivity index (χ3n) is 4.60. The first-order valence-corrected chi connectivity index (χ1v) is 7.30. The van der Waals surface area contributed by atoms with Crippen molar-refractivity contribution in [2.75, 3.05) is 7.11 Å². The SMILES string of the molecule is COC(=O)[C@H]1C2CC(C[C@@H]2NC(=O)OC(C)(C)C)[C@@H]1C. The lowest BCUT2D eigenvalue weighted by atomic mass is 9.78.